The van der Waals surface area contributed by atoms with Crippen LogP contribution in [0.15, 0.2) is 0 Å². The van der Waals surface area contributed by atoms with Gasteiger partial charge in [-0.1, -0.05) is 0 Å². The van der Waals surface area contributed by atoms with Gasteiger partial charge in [0.05, 0.1) is 5.60 Å². The number of rotatable bonds is 3. The van der Waals surface area contributed by atoms with Crippen molar-refractivity contribution in [3.8, 4) is 0 Å². The Morgan fingerprint density at radius 3 is 2.25 bits per heavy atom. The van der Waals surface area contributed by atoms with Gasteiger partial charge in [0.15, 0.2) is 0 Å². The summed E-state index contributed by atoms with van der Waals surface area (Å²) in [5.41, 5.74) is 7.66. The van der Waals surface area contributed by atoms with Crippen molar-refractivity contribution in [2.24, 2.45) is 5.73 Å². The Labute approximate surface area is 50.2 Å². The zero-order valence-electron chi connectivity index (χ0n) is 5.69. The van der Waals surface area contributed by atoms with Gasteiger partial charge in [0, 0.05) is 13.6 Å². The van der Waals surface area contributed by atoms with E-state index < -0.39 is 0 Å². The molecule has 0 aliphatic heterocycles. The zero-order valence-corrected chi connectivity index (χ0v) is 5.69. The van der Waals surface area contributed by atoms with Crippen LogP contribution >= 0.6 is 0 Å². The standard InChI is InChI=1S/C5H14N2O/c1-5(2,4-6)8-7-3/h7H,4,6H2,1-3H3. The van der Waals surface area contributed by atoms with E-state index in [0.29, 0.717) is 6.54 Å². The molecule has 0 saturated carbocycles. The Balaban J connectivity index is 3.37. The maximum Gasteiger partial charge on any atom is 0.0962 e. The van der Waals surface area contributed by atoms with Gasteiger partial charge in [-0.3, -0.25) is 4.84 Å². The molecule has 0 spiro atoms. The summed E-state index contributed by atoms with van der Waals surface area (Å²) >= 11 is 0. The molecular formula is C5H14N2O. The molecule has 0 unspecified atom stereocenters. The maximum atomic E-state index is 5.33. The van der Waals surface area contributed by atoms with Gasteiger partial charge in [0.25, 0.3) is 0 Å². The van der Waals surface area contributed by atoms with Gasteiger partial charge in [-0.25, -0.2) is 5.48 Å². The lowest BCUT2D eigenvalue weighted by Crippen LogP contribution is -2.37. The molecule has 8 heavy (non-hydrogen) atoms. The van der Waals surface area contributed by atoms with Crippen molar-refractivity contribution in [2.75, 3.05) is 13.6 Å². The molecule has 0 fully saturated rings. The molecule has 0 radical (unpaired) electrons. The van der Waals surface area contributed by atoms with Crippen molar-refractivity contribution < 1.29 is 4.84 Å². The van der Waals surface area contributed by atoms with Crippen LogP contribution < -0.4 is 11.2 Å². The average Bonchev–Trinajstić information content (AvgIpc) is 1.67. The predicted octanol–water partition coefficient (Wildman–Crippen LogP) is -0.125. The molecule has 3 nitrogen and oxygen atoms in total. The minimum Gasteiger partial charge on any atom is -0.328 e. The average molecular weight is 118 g/mol. The summed E-state index contributed by atoms with van der Waals surface area (Å²) in [6.45, 7) is 4.36. The van der Waals surface area contributed by atoms with E-state index >= 15 is 0 Å². The van der Waals surface area contributed by atoms with E-state index in [1.165, 1.54) is 0 Å². The second-order valence-corrected chi connectivity index (χ2v) is 2.27. The highest BCUT2D eigenvalue weighted by Crippen LogP contribution is 2.01. The predicted molar refractivity (Wildman–Crippen MR) is 33.3 cm³/mol. The number of hydroxylamine groups is 1. The third-order valence-electron chi connectivity index (χ3n) is 0.870. The molecule has 0 saturated heterocycles. The SMILES string of the molecule is CNOC(C)(C)CN. The van der Waals surface area contributed by atoms with Crippen LogP contribution in [-0.4, -0.2) is 19.2 Å². The van der Waals surface area contributed by atoms with E-state index in [0.717, 1.165) is 0 Å². The van der Waals surface area contributed by atoms with Crippen LogP contribution in [0.5, 0.6) is 0 Å². The van der Waals surface area contributed by atoms with Crippen molar-refractivity contribution in [1.82, 2.24) is 5.48 Å². The molecule has 0 aromatic carbocycles. The quantitative estimate of drug-likeness (QED) is 0.508. The molecule has 0 heterocycles. The minimum atomic E-state index is -0.241. The van der Waals surface area contributed by atoms with Crippen molar-refractivity contribution in [1.29, 1.82) is 0 Å². The molecule has 50 valence electrons. The van der Waals surface area contributed by atoms with Gasteiger partial charge >= 0.3 is 0 Å². The van der Waals surface area contributed by atoms with Gasteiger partial charge in [-0.05, 0) is 13.8 Å². The summed E-state index contributed by atoms with van der Waals surface area (Å²) in [6, 6.07) is 0. The lowest BCUT2D eigenvalue weighted by molar-refractivity contribution is -0.0674. The van der Waals surface area contributed by atoms with Crippen LogP contribution in [0.25, 0.3) is 0 Å². The maximum absolute atomic E-state index is 5.33. The molecular weight excluding hydrogens is 104 g/mol. The first-order valence-corrected chi connectivity index (χ1v) is 2.67. The third kappa shape index (κ3) is 2.96. The fraction of sp³-hybridized carbons (Fsp3) is 1.00. The molecule has 0 aromatic heterocycles. The van der Waals surface area contributed by atoms with Crippen molar-refractivity contribution in [3.05, 3.63) is 0 Å². The van der Waals surface area contributed by atoms with E-state index in [1.54, 1.807) is 7.05 Å². The molecule has 0 amide bonds. The Morgan fingerprint density at radius 1 is 1.62 bits per heavy atom. The van der Waals surface area contributed by atoms with Crippen LogP contribution in [0.1, 0.15) is 13.8 Å². The first kappa shape index (κ1) is 7.88. The molecule has 0 rings (SSSR count). The third-order valence-corrected chi connectivity index (χ3v) is 0.870. The van der Waals surface area contributed by atoms with Gasteiger partial charge in [-0.15, -0.1) is 0 Å². The second-order valence-electron chi connectivity index (χ2n) is 2.27. The van der Waals surface area contributed by atoms with Crippen LogP contribution in [0.2, 0.25) is 0 Å². The zero-order chi connectivity index (χ0) is 6.62. The largest absolute Gasteiger partial charge is 0.328 e. The van der Waals surface area contributed by atoms with E-state index in [9.17, 15) is 0 Å². The highest BCUT2D eigenvalue weighted by atomic mass is 16.7. The van der Waals surface area contributed by atoms with E-state index in [2.05, 4.69) is 5.48 Å². The van der Waals surface area contributed by atoms with E-state index in [1.807, 2.05) is 13.8 Å². The molecule has 0 bridgehead atoms. The normalized spacial score (nSPS) is 12.0. The highest BCUT2D eigenvalue weighted by molar-refractivity contribution is 4.66. The number of nitrogens with two attached hydrogens (primary N) is 1. The summed E-state index contributed by atoms with van der Waals surface area (Å²) in [4.78, 5) is 5.00. The first-order chi connectivity index (χ1) is 3.62. The monoisotopic (exact) mass is 118 g/mol. The lowest BCUT2D eigenvalue weighted by Gasteiger charge is -2.20. The second kappa shape index (κ2) is 3.02. The molecule has 0 aliphatic rings. The summed E-state index contributed by atoms with van der Waals surface area (Å²) in [7, 11) is 1.72. The summed E-state index contributed by atoms with van der Waals surface area (Å²) in [5, 5.41) is 0. The van der Waals surface area contributed by atoms with Crippen LogP contribution in [-0.2, 0) is 4.84 Å². The molecule has 3 N–H and O–H groups in total. The summed E-state index contributed by atoms with van der Waals surface area (Å²) in [5.74, 6) is 0. The first-order valence-electron chi connectivity index (χ1n) is 2.67. The molecule has 0 aromatic rings. The molecule has 0 atom stereocenters. The van der Waals surface area contributed by atoms with Gasteiger partial charge < -0.3 is 5.73 Å². The van der Waals surface area contributed by atoms with Crippen LogP contribution in [0, 0.1) is 0 Å². The van der Waals surface area contributed by atoms with Crippen LogP contribution in [0.3, 0.4) is 0 Å². The number of hydrogen-bond donors (Lipinski definition) is 2. The van der Waals surface area contributed by atoms with Gasteiger partial charge in [-0.2, -0.15) is 0 Å². The summed E-state index contributed by atoms with van der Waals surface area (Å²) < 4.78 is 0. The van der Waals surface area contributed by atoms with Crippen molar-refractivity contribution in [3.63, 3.8) is 0 Å². The number of hydrogen-bond acceptors (Lipinski definition) is 3. The van der Waals surface area contributed by atoms with Gasteiger partial charge in [0.1, 0.15) is 0 Å². The van der Waals surface area contributed by atoms with E-state index in [4.69, 9.17) is 10.6 Å². The Hall–Kier alpha value is -0.120. The fourth-order valence-corrected chi connectivity index (χ4v) is 0.318. The molecule has 0 aliphatic carbocycles. The smallest absolute Gasteiger partial charge is 0.0962 e. The minimum absolute atomic E-state index is 0.241. The topological polar surface area (TPSA) is 47.3 Å². The fourth-order valence-electron chi connectivity index (χ4n) is 0.318. The molecule has 3 heteroatoms. The van der Waals surface area contributed by atoms with Crippen molar-refractivity contribution >= 4 is 0 Å². The summed E-state index contributed by atoms with van der Waals surface area (Å²) in [6.07, 6.45) is 0. The Bertz CT molecular complexity index is 63.4. The Morgan fingerprint density at radius 2 is 2.12 bits per heavy atom. The van der Waals surface area contributed by atoms with E-state index in [-0.39, 0.29) is 5.60 Å². The highest BCUT2D eigenvalue weighted by Gasteiger charge is 2.14. The van der Waals surface area contributed by atoms with Crippen molar-refractivity contribution in [2.45, 2.75) is 19.4 Å². The van der Waals surface area contributed by atoms with Crippen LogP contribution in [0.4, 0.5) is 0 Å². The number of nitrogens with one attached hydrogen (secondary N) is 1. The van der Waals surface area contributed by atoms with Gasteiger partial charge in [0.2, 0.25) is 0 Å². The Kier molecular flexibility index (Phi) is 2.97. The lowest BCUT2D eigenvalue weighted by atomic mass is 10.1.